The first-order valence-electron chi connectivity index (χ1n) is 4.99. The minimum Gasteiger partial charge on any atom is -0.463 e. The predicted octanol–water partition coefficient (Wildman–Crippen LogP) is 2.57. The van der Waals surface area contributed by atoms with E-state index in [0.29, 0.717) is 6.61 Å². The zero-order chi connectivity index (χ0) is 12.0. The summed E-state index contributed by atoms with van der Waals surface area (Å²) in [5, 5.41) is 2.97. The Kier molecular flexibility index (Phi) is 5.05. The summed E-state index contributed by atoms with van der Waals surface area (Å²) in [6.07, 6.45) is 1.45. The maximum absolute atomic E-state index is 11.3. The van der Waals surface area contributed by atoms with Crippen LogP contribution in [0.15, 0.2) is 34.8 Å². The van der Waals surface area contributed by atoms with Gasteiger partial charge in [0.15, 0.2) is 0 Å². The Hall–Kier alpha value is -1.29. The minimum atomic E-state index is -0.338. The Morgan fingerprint density at radius 2 is 2.06 bits per heavy atom. The first-order chi connectivity index (χ1) is 7.67. The molecule has 0 amide bonds. The van der Waals surface area contributed by atoms with E-state index in [1.165, 1.54) is 6.08 Å². The van der Waals surface area contributed by atoms with Crippen molar-refractivity contribution in [2.24, 2.45) is 0 Å². The smallest absolute Gasteiger partial charge is 0.332 e. The lowest BCUT2D eigenvalue weighted by molar-refractivity contribution is -0.137. The summed E-state index contributed by atoms with van der Waals surface area (Å²) in [4.78, 5) is 11.3. The van der Waals surface area contributed by atoms with Gasteiger partial charge in [-0.1, -0.05) is 28.1 Å². The van der Waals surface area contributed by atoms with Gasteiger partial charge in [0.2, 0.25) is 0 Å². The van der Waals surface area contributed by atoms with Crippen LogP contribution in [0.1, 0.15) is 12.5 Å². The van der Waals surface area contributed by atoms with Crippen LogP contribution in [0.2, 0.25) is 0 Å². The summed E-state index contributed by atoms with van der Waals surface area (Å²) < 4.78 is 5.86. The van der Waals surface area contributed by atoms with E-state index in [1.807, 2.05) is 24.3 Å². The maximum Gasteiger partial charge on any atom is 0.332 e. The quantitative estimate of drug-likeness (QED) is 0.682. The molecule has 0 atom stereocenters. The van der Waals surface area contributed by atoms with Crippen molar-refractivity contribution >= 4 is 27.6 Å². The molecule has 0 spiro atoms. The zero-order valence-corrected chi connectivity index (χ0v) is 10.9. The molecule has 0 fully saturated rings. The Labute approximate surface area is 104 Å². The second kappa shape index (κ2) is 6.33. The van der Waals surface area contributed by atoms with Crippen LogP contribution in [0.4, 0.5) is 0 Å². The van der Waals surface area contributed by atoms with Crippen molar-refractivity contribution in [2.45, 2.75) is 6.92 Å². The summed E-state index contributed by atoms with van der Waals surface area (Å²) in [5.41, 5.74) is 1.68. The Bertz CT molecular complexity index is 385. The average molecular weight is 284 g/mol. The molecule has 0 bridgehead atoms. The highest BCUT2D eigenvalue weighted by atomic mass is 79.9. The molecule has 1 rings (SSSR count). The van der Waals surface area contributed by atoms with Crippen molar-refractivity contribution in [2.75, 3.05) is 13.7 Å². The lowest BCUT2D eigenvalue weighted by Crippen LogP contribution is -2.09. The van der Waals surface area contributed by atoms with Gasteiger partial charge in [-0.3, -0.25) is 0 Å². The molecular formula is C12H14BrNO2. The molecule has 0 saturated heterocycles. The average Bonchev–Trinajstić information content (AvgIpc) is 2.27. The van der Waals surface area contributed by atoms with Crippen molar-refractivity contribution < 1.29 is 9.53 Å². The zero-order valence-electron chi connectivity index (χ0n) is 9.29. The van der Waals surface area contributed by atoms with E-state index < -0.39 is 0 Å². The van der Waals surface area contributed by atoms with Crippen LogP contribution in [-0.4, -0.2) is 19.6 Å². The number of esters is 1. The van der Waals surface area contributed by atoms with Gasteiger partial charge in [0, 0.05) is 23.3 Å². The molecule has 0 saturated carbocycles. The monoisotopic (exact) mass is 283 g/mol. The van der Waals surface area contributed by atoms with Crippen molar-refractivity contribution in [3.05, 3.63) is 40.4 Å². The number of hydrogen-bond acceptors (Lipinski definition) is 3. The first-order valence-corrected chi connectivity index (χ1v) is 5.78. The third kappa shape index (κ3) is 3.70. The van der Waals surface area contributed by atoms with Crippen molar-refractivity contribution in [3.8, 4) is 0 Å². The highest BCUT2D eigenvalue weighted by Gasteiger charge is 2.03. The third-order valence-electron chi connectivity index (χ3n) is 1.97. The summed E-state index contributed by atoms with van der Waals surface area (Å²) in [6.45, 7) is 2.16. The molecule has 86 valence electrons. The normalized spacial score (nSPS) is 11.1. The van der Waals surface area contributed by atoms with E-state index in [0.717, 1.165) is 15.7 Å². The van der Waals surface area contributed by atoms with Gasteiger partial charge < -0.3 is 10.1 Å². The fourth-order valence-electron chi connectivity index (χ4n) is 1.23. The van der Waals surface area contributed by atoms with E-state index >= 15 is 0 Å². The van der Waals surface area contributed by atoms with Gasteiger partial charge in [0.25, 0.3) is 0 Å². The van der Waals surface area contributed by atoms with E-state index in [-0.39, 0.29) is 5.97 Å². The number of carbonyl (C=O) groups is 1. The number of halogens is 1. The van der Waals surface area contributed by atoms with E-state index in [1.54, 1.807) is 14.0 Å². The molecule has 4 heteroatoms. The van der Waals surface area contributed by atoms with Gasteiger partial charge in [-0.05, 0) is 24.6 Å². The lowest BCUT2D eigenvalue weighted by atomic mass is 10.1. The fraction of sp³-hybridized carbons (Fsp3) is 0.250. The molecule has 0 heterocycles. The predicted molar refractivity (Wildman–Crippen MR) is 67.8 cm³/mol. The molecule has 0 aliphatic carbocycles. The van der Waals surface area contributed by atoms with Gasteiger partial charge in [-0.15, -0.1) is 0 Å². The van der Waals surface area contributed by atoms with Crippen molar-refractivity contribution in [1.82, 2.24) is 5.32 Å². The SMILES string of the molecule is CCOC(=O)C=C(NC)c1ccc(Br)cc1. The summed E-state index contributed by atoms with van der Waals surface area (Å²) in [6, 6.07) is 7.69. The largest absolute Gasteiger partial charge is 0.463 e. The molecule has 0 aliphatic heterocycles. The molecule has 16 heavy (non-hydrogen) atoms. The van der Waals surface area contributed by atoms with Crippen LogP contribution in [0.25, 0.3) is 5.70 Å². The second-order valence-corrected chi connectivity index (χ2v) is 3.98. The van der Waals surface area contributed by atoms with Crippen LogP contribution in [0, 0.1) is 0 Å². The second-order valence-electron chi connectivity index (χ2n) is 3.07. The molecule has 0 radical (unpaired) electrons. The van der Waals surface area contributed by atoms with E-state index in [2.05, 4.69) is 21.2 Å². The Balaban J connectivity index is 2.89. The molecule has 1 N–H and O–H groups in total. The van der Waals surface area contributed by atoms with Crippen LogP contribution in [0.3, 0.4) is 0 Å². The van der Waals surface area contributed by atoms with Gasteiger partial charge >= 0.3 is 5.97 Å². The van der Waals surface area contributed by atoms with E-state index in [9.17, 15) is 4.79 Å². The molecule has 1 aromatic carbocycles. The Morgan fingerprint density at radius 1 is 1.44 bits per heavy atom. The first kappa shape index (κ1) is 12.8. The molecule has 3 nitrogen and oxygen atoms in total. The molecule has 0 unspecified atom stereocenters. The fourth-order valence-corrected chi connectivity index (χ4v) is 1.50. The van der Waals surface area contributed by atoms with Crippen LogP contribution in [-0.2, 0) is 9.53 Å². The summed E-state index contributed by atoms with van der Waals surface area (Å²) >= 11 is 3.36. The van der Waals surface area contributed by atoms with Gasteiger partial charge in [-0.2, -0.15) is 0 Å². The summed E-state index contributed by atoms with van der Waals surface area (Å²) in [7, 11) is 1.77. The highest BCUT2D eigenvalue weighted by molar-refractivity contribution is 9.10. The van der Waals surface area contributed by atoms with Crippen LogP contribution < -0.4 is 5.32 Å². The maximum atomic E-state index is 11.3. The molecule has 0 aromatic heterocycles. The number of carbonyl (C=O) groups excluding carboxylic acids is 1. The van der Waals surface area contributed by atoms with E-state index in [4.69, 9.17) is 4.74 Å². The van der Waals surface area contributed by atoms with Crippen LogP contribution in [0.5, 0.6) is 0 Å². The topological polar surface area (TPSA) is 38.3 Å². The number of rotatable bonds is 4. The standard InChI is InChI=1S/C12H14BrNO2/c1-3-16-12(15)8-11(14-2)9-4-6-10(13)7-5-9/h4-8,14H,3H2,1-2H3. The highest BCUT2D eigenvalue weighted by Crippen LogP contribution is 2.15. The summed E-state index contributed by atoms with van der Waals surface area (Å²) in [5.74, 6) is -0.338. The van der Waals surface area contributed by atoms with Gasteiger partial charge in [-0.25, -0.2) is 4.79 Å². The minimum absolute atomic E-state index is 0.338. The molecule has 1 aromatic rings. The van der Waals surface area contributed by atoms with Crippen molar-refractivity contribution in [1.29, 1.82) is 0 Å². The lowest BCUT2D eigenvalue weighted by Gasteiger charge is -2.07. The molecular weight excluding hydrogens is 270 g/mol. The van der Waals surface area contributed by atoms with Gasteiger partial charge in [0.1, 0.15) is 0 Å². The number of hydrogen-bond donors (Lipinski definition) is 1. The third-order valence-corrected chi connectivity index (χ3v) is 2.50. The number of nitrogens with one attached hydrogen (secondary N) is 1. The number of benzene rings is 1. The van der Waals surface area contributed by atoms with Gasteiger partial charge in [0.05, 0.1) is 6.61 Å². The van der Waals surface area contributed by atoms with Crippen molar-refractivity contribution in [3.63, 3.8) is 0 Å². The number of ether oxygens (including phenoxy) is 1. The Morgan fingerprint density at radius 3 is 2.56 bits per heavy atom. The van der Waals surface area contributed by atoms with Crippen LogP contribution >= 0.6 is 15.9 Å². The molecule has 0 aliphatic rings.